The van der Waals surface area contributed by atoms with E-state index in [-0.39, 0.29) is 45.1 Å². The molecular formula is C51H73FN2O4S. The third kappa shape index (κ3) is 6.38. The number of sulfone groups is 1. The molecule has 12 atom stereocenters. The second-order valence-electron chi connectivity index (χ2n) is 22.6. The highest BCUT2D eigenvalue weighted by Crippen LogP contribution is 2.76. The monoisotopic (exact) mass is 829 g/mol. The van der Waals surface area contributed by atoms with Crippen LogP contribution in [-0.4, -0.2) is 68.2 Å². The number of ether oxygens (including phenoxy) is 1. The Morgan fingerprint density at radius 2 is 1.71 bits per heavy atom. The van der Waals surface area contributed by atoms with Gasteiger partial charge in [-0.15, -0.1) is 0 Å². The largest absolute Gasteiger partial charge is 0.460 e. The molecule has 0 aromatic heterocycles. The number of allylic oxidation sites excluding steroid dienone is 5. The molecular weight excluding hydrogens is 756 g/mol. The van der Waals surface area contributed by atoms with Gasteiger partial charge in [0.05, 0.1) is 16.4 Å². The number of halogens is 1. The van der Waals surface area contributed by atoms with Crippen molar-refractivity contribution in [3.63, 3.8) is 0 Å². The molecule has 6 nitrogen and oxygen atoms in total. The molecule has 0 spiro atoms. The SMILES string of the molecule is C=C(C)C1CC[C@]2(NCCN3C[C@@H]4C[C@@H]3CS4(=O)=O)CC[C@]3(C)[C@H](CC[C@@H]4[C@@]5(C)CC=C(C6=CC[C@](CF)(C(=O)OCc7ccccc7)CC6)C(C)(C)[C@@H]5CC[C@]43C)[C@@H]12. The smallest absolute Gasteiger partial charge is 0.315 e. The summed E-state index contributed by atoms with van der Waals surface area (Å²) in [6.07, 6.45) is 18.3. The number of likely N-dealkylation sites (tertiary alicyclic amines) is 1. The third-order valence-electron chi connectivity index (χ3n) is 19.8. The zero-order chi connectivity index (χ0) is 41.8. The molecule has 1 aromatic carbocycles. The standard InChI is InChI=1S/C51H73FN2O4S/c1-34(2)39-17-24-51(53-27-28-54-30-38-29-37(54)32-59(38,56)57)26-25-48(6)41(44(39)51)13-14-43-47(5)20-18-40(46(3,4)42(47)19-21-49(43,48)7)36-15-22-50(33-52,23-16-36)45(55)58-31-35-11-9-8-10-12-35/h8-12,15,18,37-39,41-44,53H,1,13-14,16-17,19-33H2,2-7H3/t37-,38+,39?,41-,42+,43-,44-,47+,48-,49-,50+,51+/m1/s1. The molecule has 2 heterocycles. The molecule has 2 bridgehead atoms. The summed E-state index contributed by atoms with van der Waals surface area (Å²) in [6.45, 7) is 22.1. The average Bonchev–Trinajstić information content (AvgIpc) is 3.88. The predicted octanol–water partition coefficient (Wildman–Crippen LogP) is 10.2. The summed E-state index contributed by atoms with van der Waals surface area (Å²) in [4.78, 5) is 15.9. The van der Waals surface area contributed by atoms with Gasteiger partial charge in [0.2, 0.25) is 0 Å². The Labute approximate surface area is 355 Å². The van der Waals surface area contributed by atoms with Crippen LogP contribution in [0, 0.1) is 56.7 Å². The number of benzene rings is 1. The van der Waals surface area contributed by atoms with Crippen molar-refractivity contribution >= 4 is 15.8 Å². The fourth-order valence-corrected chi connectivity index (χ4v) is 18.6. The third-order valence-corrected chi connectivity index (χ3v) is 22.0. The minimum atomic E-state index is -2.88. The van der Waals surface area contributed by atoms with Gasteiger partial charge in [0.25, 0.3) is 0 Å². The first-order chi connectivity index (χ1) is 27.9. The van der Waals surface area contributed by atoms with E-state index in [4.69, 9.17) is 4.74 Å². The van der Waals surface area contributed by atoms with Crippen molar-refractivity contribution in [3.05, 3.63) is 71.3 Å². The number of carbonyl (C=O) groups excluding carboxylic acids is 1. The minimum absolute atomic E-state index is 0.0113. The van der Waals surface area contributed by atoms with Gasteiger partial charge in [-0.1, -0.05) is 89.3 Å². The molecule has 0 radical (unpaired) electrons. The van der Waals surface area contributed by atoms with Crippen molar-refractivity contribution in [2.24, 2.45) is 56.7 Å². The number of fused-ring (bicyclic) bond motifs is 9. The summed E-state index contributed by atoms with van der Waals surface area (Å²) < 4.78 is 45.4. The quantitative estimate of drug-likeness (QED) is 0.187. The fraction of sp³-hybridized carbons (Fsp3) is 0.745. The Kier molecular flexibility index (Phi) is 10.4. The first-order valence-electron chi connectivity index (χ1n) is 23.5. The maximum absolute atomic E-state index is 14.8. The molecule has 4 saturated carbocycles. The first kappa shape index (κ1) is 42.0. The predicted molar refractivity (Wildman–Crippen MR) is 235 cm³/mol. The molecule has 0 amide bonds. The van der Waals surface area contributed by atoms with Gasteiger partial charge in [0.15, 0.2) is 9.84 Å². The molecule has 2 saturated heterocycles. The molecule has 8 aliphatic rings. The van der Waals surface area contributed by atoms with Crippen LogP contribution in [0.1, 0.15) is 131 Å². The molecule has 6 aliphatic carbocycles. The molecule has 1 aromatic rings. The van der Waals surface area contributed by atoms with Crippen LogP contribution >= 0.6 is 0 Å². The normalized spacial score (nSPS) is 44.4. The summed E-state index contributed by atoms with van der Waals surface area (Å²) in [5, 5.41) is 4.11. The van der Waals surface area contributed by atoms with Gasteiger partial charge in [-0.25, -0.2) is 12.8 Å². The van der Waals surface area contributed by atoms with Crippen LogP contribution in [-0.2, 0) is 26.0 Å². The highest BCUT2D eigenvalue weighted by molar-refractivity contribution is 7.92. The topological polar surface area (TPSA) is 75.7 Å². The summed E-state index contributed by atoms with van der Waals surface area (Å²) in [6, 6.07) is 9.89. The molecule has 2 aliphatic heterocycles. The number of carbonyl (C=O) groups is 1. The fourth-order valence-electron chi connectivity index (χ4n) is 16.5. The number of rotatable bonds is 10. The highest BCUT2D eigenvalue weighted by Gasteiger charge is 2.70. The number of esters is 1. The van der Waals surface area contributed by atoms with Gasteiger partial charge in [0, 0.05) is 31.2 Å². The highest BCUT2D eigenvalue weighted by atomic mass is 32.2. The van der Waals surface area contributed by atoms with E-state index in [0.29, 0.717) is 54.6 Å². The lowest BCUT2D eigenvalue weighted by atomic mass is 9.33. The van der Waals surface area contributed by atoms with E-state index in [2.05, 4.69) is 70.5 Å². The number of nitrogens with zero attached hydrogens (tertiary/aromatic N) is 1. The van der Waals surface area contributed by atoms with E-state index in [1.165, 1.54) is 68.1 Å². The Balaban J connectivity index is 0.921. The summed E-state index contributed by atoms with van der Waals surface area (Å²) in [5.41, 5.74) is 4.80. The van der Waals surface area contributed by atoms with Gasteiger partial charge >= 0.3 is 5.97 Å². The number of hydrogen-bond acceptors (Lipinski definition) is 6. The number of alkyl halides is 1. The Hall–Kier alpha value is -2.29. The lowest BCUT2D eigenvalue weighted by Crippen LogP contribution is -2.68. The van der Waals surface area contributed by atoms with Gasteiger partial charge in [-0.2, -0.15) is 0 Å². The van der Waals surface area contributed by atoms with Crippen LogP contribution in [0.15, 0.2) is 65.8 Å². The second-order valence-corrected chi connectivity index (χ2v) is 24.9. The minimum Gasteiger partial charge on any atom is -0.460 e. The first-order valence-corrected chi connectivity index (χ1v) is 25.2. The Morgan fingerprint density at radius 1 is 0.932 bits per heavy atom. The van der Waals surface area contributed by atoms with E-state index in [1.807, 2.05) is 30.3 Å². The van der Waals surface area contributed by atoms with Gasteiger partial charge in [-0.05, 0) is 158 Å². The van der Waals surface area contributed by atoms with Gasteiger partial charge < -0.3 is 10.1 Å². The number of nitrogens with one attached hydrogen (secondary N) is 1. The zero-order valence-electron chi connectivity index (χ0n) is 37.1. The van der Waals surface area contributed by atoms with E-state index in [0.717, 1.165) is 38.0 Å². The lowest BCUT2D eigenvalue weighted by Gasteiger charge is -2.72. The van der Waals surface area contributed by atoms with Crippen LogP contribution < -0.4 is 5.32 Å². The maximum atomic E-state index is 14.8. The summed E-state index contributed by atoms with van der Waals surface area (Å²) in [5.74, 6) is 2.96. The molecule has 8 heteroatoms. The number of hydrogen-bond donors (Lipinski definition) is 1. The van der Waals surface area contributed by atoms with E-state index < -0.39 is 27.9 Å². The summed E-state index contributed by atoms with van der Waals surface area (Å²) in [7, 11) is -2.88. The van der Waals surface area contributed by atoms with Crippen molar-refractivity contribution in [2.75, 3.05) is 32.1 Å². The molecule has 59 heavy (non-hydrogen) atoms. The van der Waals surface area contributed by atoms with Crippen molar-refractivity contribution < 1.29 is 22.3 Å². The Morgan fingerprint density at radius 3 is 2.37 bits per heavy atom. The van der Waals surface area contributed by atoms with Crippen LogP contribution in [0.2, 0.25) is 0 Å². The Bertz CT molecular complexity index is 2010. The van der Waals surface area contributed by atoms with Crippen molar-refractivity contribution in [1.29, 1.82) is 0 Å². The van der Waals surface area contributed by atoms with Crippen LogP contribution in [0.25, 0.3) is 0 Å². The van der Waals surface area contributed by atoms with Crippen molar-refractivity contribution in [1.82, 2.24) is 10.2 Å². The average molecular weight is 829 g/mol. The van der Waals surface area contributed by atoms with Crippen LogP contribution in [0.4, 0.5) is 4.39 Å². The van der Waals surface area contributed by atoms with Crippen LogP contribution in [0.5, 0.6) is 0 Å². The van der Waals surface area contributed by atoms with Crippen molar-refractivity contribution in [2.45, 2.75) is 148 Å². The van der Waals surface area contributed by atoms with E-state index in [1.54, 1.807) is 0 Å². The van der Waals surface area contributed by atoms with E-state index >= 15 is 0 Å². The van der Waals surface area contributed by atoms with Crippen molar-refractivity contribution in [3.8, 4) is 0 Å². The molecule has 1 unspecified atom stereocenters. The summed E-state index contributed by atoms with van der Waals surface area (Å²) >= 11 is 0. The molecule has 324 valence electrons. The zero-order valence-corrected chi connectivity index (χ0v) is 37.9. The van der Waals surface area contributed by atoms with Crippen LogP contribution in [0.3, 0.4) is 0 Å². The lowest BCUT2D eigenvalue weighted by molar-refractivity contribution is -0.221. The molecule has 9 rings (SSSR count). The molecule has 6 fully saturated rings. The molecule has 1 N–H and O–H groups in total. The van der Waals surface area contributed by atoms with Gasteiger partial charge in [-0.3, -0.25) is 9.69 Å². The second kappa shape index (κ2) is 14.6. The van der Waals surface area contributed by atoms with Gasteiger partial charge in [0.1, 0.15) is 13.3 Å². The van der Waals surface area contributed by atoms with E-state index in [9.17, 15) is 17.6 Å². The maximum Gasteiger partial charge on any atom is 0.315 e.